The van der Waals surface area contributed by atoms with Gasteiger partial charge in [0.05, 0.1) is 11.4 Å². The van der Waals surface area contributed by atoms with Gasteiger partial charge < -0.3 is 4.57 Å². The Morgan fingerprint density at radius 2 is 1.59 bits per heavy atom. The molecule has 1 aromatic heterocycles. The van der Waals surface area contributed by atoms with Gasteiger partial charge in [-0.05, 0) is 49.9 Å². The molecule has 146 valence electrons. The van der Waals surface area contributed by atoms with Crippen molar-refractivity contribution in [3.63, 3.8) is 0 Å². The second-order valence-corrected chi connectivity index (χ2v) is 8.34. The number of nitrogens with zero attached hydrogens (tertiary/aromatic N) is 2. The molecule has 0 amide bonds. The van der Waals surface area contributed by atoms with E-state index in [0.29, 0.717) is 0 Å². The minimum Gasteiger partial charge on any atom is -0.316 e. The topological polar surface area (TPSA) is 17.3 Å². The van der Waals surface area contributed by atoms with Crippen LogP contribution < -0.4 is 4.80 Å². The minimum atomic E-state index is 0.904. The Morgan fingerprint density at radius 3 is 2.34 bits per heavy atom. The van der Waals surface area contributed by atoms with Gasteiger partial charge in [-0.3, -0.25) is 0 Å². The van der Waals surface area contributed by atoms with Gasteiger partial charge in [0.25, 0.3) is 0 Å². The van der Waals surface area contributed by atoms with Gasteiger partial charge in [0, 0.05) is 17.5 Å². The van der Waals surface area contributed by atoms with Gasteiger partial charge in [0.1, 0.15) is 0 Å². The van der Waals surface area contributed by atoms with E-state index in [1.165, 1.54) is 33.5 Å². The van der Waals surface area contributed by atoms with Crippen molar-refractivity contribution in [2.45, 2.75) is 33.7 Å². The Kier molecular flexibility index (Phi) is 5.77. The van der Waals surface area contributed by atoms with E-state index in [1.807, 2.05) is 0 Å². The summed E-state index contributed by atoms with van der Waals surface area (Å²) >= 11 is 1.72. The molecule has 4 aromatic rings. The molecule has 0 aliphatic rings. The fourth-order valence-electron chi connectivity index (χ4n) is 3.63. The monoisotopic (exact) mass is 398 g/mol. The third kappa shape index (κ3) is 4.41. The van der Waals surface area contributed by atoms with Gasteiger partial charge in [-0.15, -0.1) is 11.3 Å². The van der Waals surface area contributed by atoms with Gasteiger partial charge in [0.15, 0.2) is 4.80 Å². The highest BCUT2D eigenvalue weighted by Crippen LogP contribution is 2.26. The van der Waals surface area contributed by atoms with Crippen molar-refractivity contribution in [2.24, 2.45) is 4.99 Å². The van der Waals surface area contributed by atoms with Gasteiger partial charge in [-0.25, -0.2) is 4.99 Å². The Labute approximate surface area is 176 Å². The van der Waals surface area contributed by atoms with Crippen molar-refractivity contribution in [1.29, 1.82) is 0 Å². The molecule has 0 radical (unpaired) electrons. The van der Waals surface area contributed by atoms with Crippen LogP contribution in [-0.4, -0.2) is 4.57 Å². The van der Waals surface area contributed by atoms with E-state index >= 15 is 0 Å². The molecule has 0 atom stereocenters. The number of para-hydroxylation sites is 1. The second-order valence-electron chi connectivity index (χ2n) is 7.51. The quantitative estimate of drug-likeness (QED) is 0.359. The average molecular weight is 399 g/mol. The van der Waals surface area contributed by atoms with Crippen molar-refractivity contribution in [3.05, 3.63) is 105 Å². The van der Waals surface area contributed by atoms with Crippen LogP contribution in [0, 0.1) is 20.8 Å². The van der Waals surface area contributed by atoms with Gasteiger partial charge in [-0.1, -0.05) is 72.3 Å². The van der Waals surface area contributed by atoms with Crippen LogP contribution in [-0.2, 0) is 13.0 Å². The molecule has 0 unspecified atom stereocenters. The van der Waals surface area contributed by atoms with Crippen molar-refractivity contribution < 1.29 is 0 Å². The summed E-state index contributed by atoms with van der Waals surface area (Å²) in [4.78, 5) is 6.07. The molecular weight excluding hydrogens is 372 g/mol. The molecule has 0 aliphatic carbocycles. The zero-order valence-electron chi connectivity index (χ0n) is 17.2. The number of rotatable bonds is 5. The predicted octanol–water partition coefficient (Wildman–Crippen LogP) is 6.62. The van der Waals surface area contributed by atoms with E-state index in [2.05, 4.69) is 104 Å². The average Bonchev–Trinajstić information content (AvgIpc) is 3.11. The summed E-state index contributed by atoms with van der Waals surface area (Å²) in [5.74, 6) is 0. The van der Waals surface area contributed by atoms with Crippen molar-refractivity contribution >= 4 is 17.0 Å². The highest BCUT2D eigenvalue weighted by molar-refractivity contribution is 7.07. The number of benzene rings is 3. The summed E-state index contributed by atoms with van der Waals surface area (Å²) in [6, 6.07) is 25.7. The predicted molar refractivity (Wildman–Crippen MR) is 124 cm³/mol. The van der Waals surface area contributed by atoms with Crippen LogP contribution >= 0.6 is 11.3 Å². The fourth-order valence-corrected chi connectivity index (χ4v) is 4.57. The number of thiazole rings is 1. The zero-order chi connectivity index (χ0) is 20.2. The maximum atomic E-state index is 5.03. The maximum Gasteiger partial charge on any atom is 0.190 e. The molecule has 0 bridgehead atoms. The van der Waals surface area contributed by atoms with Crippen LogP contribution in [0.3, 0.4) is 0 Å². The molecule has 1 heterocycles. The standard InChI is InChI=1S/C26H26N2S/c1-19-13-14-23(21(3)17-19)25-18-29-26(27-24-12-8-7-9-20(24)2)28(25)16-15-22-10-5-4-6-11-22/h4-14,17-18H,15-16H2,1-3H3. The van der Waals surface area contributed by atoms with Gasteiger partial charge in [-0.2, -0.15) is 0 Å². The smallest absolute Gasteiger partial charge is 0.190 e. The molecule has 3 aromatic carbocycles. The fraction of sp³-hybridized carbons (Fsp3) is 0.192. The Morgan fingerprint density at radius 1 is 0.828 bits per heavy atom. The van der Waals surface area contributed by atoms with E-state index in [1.54, 1.807) is 11.3 Å². The molecule has 4 rings (SSSR count). The largest absolute Gasteiger partial charge is 0.316 e. The molecule has 0 saturated heterocycles. The summed E-state index contributed by atoms with van der Waals surface area (Å²) in [5, 5.41) is 2.25. The first kappa shape index (κ1) is 19.4. The first-order valence-electron chi connectivity index (χ1n) is 10.0. The second kappa shape index (κ2) is 8.62. The van der Waals surface area contributed by atoms with E-state index in [-0.39, 0.29) is 0 Å². The van der Waals surface area contributed by atoms with Gasteiger partial charge >= 0.3 is 0 Å². The number of aryl methyl sites for hydroxylation is 4. The van der Waals surface area contributed by atoms with Crippen LogP contribution in [0.5, 0.6) is 0 Å². The number of aromatic nitrogens is 1. The maximum absolute atomic E-state index is 5.03. The lowest BCUT2D eigenvalue weighted by Gasteiger charge is -2.12. The van der Waals surface area contributed by atoms with Crippen LogP contribution in [0.15, 0.2) is 83.2 Å². The van der Waals surface area contributed by atoms with E-state index < -0.39 is 0 Å². The first-order valence-corrected chi connectivity index (χ1v) is 10.9. The molecule has 0 N–H and O–H groups in total. The number of hydrogen-bond donors (Lipinski definition) is 0. The molecule has 2 nitrogen and oxygen atoms in total. The first-order chi connectivity index (χ1) is 14.1. The third-order valence-electron chi connectivity index (χ3n) is 5.25. The highest BCUT2D eigenvalue weighted by Gasteiger charge is 2.11. The highest BCUT2D eigenvalue weighted by atomic mass is 32.1. The minimum absolute atomic E-state index is 0.904. The molecule has 0 aliphatic heterocycles. The normalized spacial score (nSPS) is 11.8. The summed E-state index contributed by atoms with van der Waals surface area (Å²) < 4.78 is 2.38. The van der Waals surface area contributed by atoms with Crippen LogP contribution in [0.25, 0.3) is 11.3 Å². The molecule has 29 heavy (non-hydrogen) atoms. The van der Waals surface area contributed by atoms with Crippen molar-refractivity contribution in [3.8, 4) is 11.3 Å². The van der Waals surface area contributed by atoms with Crippen LogP contribution in [0.2, 0.25) is 0 Å². The van der Waals surface area contributed by atoms with Crippen molar-refractivity contribution in [1.82, 2.24) is 4.57 Å². The van der Waals surface area contributed by atoms with E-state index in [0.717, 1.165) is 23.5 Å². The molecule has 0 fully saturated rings. The molecule has 0 spiro atoms. The van der Waals surface area contributed by atoms with Crippen molar-refractivity contribution in [2.75, 3.05) is 0 Å². The third-order valence-corrected chi connectivity index (χ3v) is 6.12. The van der Waals surface area contributed by atoms with Gasteiger partial charge in [0.2, 0.25) is 0 Å². The molecule has 3 heteroatoms. The lowest BCUT2D eigenvalue weighted by molar-refractivity contribution is 0.683. The lowest BCUT2D eigenvalue weighted by atomic mass is 10.0. The number of hydrogen-bond acceptors (Lipinski definition) is 2. The summed E-state index contributed by atoms with van der Waals surface area (Å²) in [6.45, 7) is 7.36. The van der Waals surface area contributed by atoms with Crippen LogP contribution in [0.1, 0.15) is 22.3 Å². The summed E-state index contributed by atoms with van der Waals surface area (Å²) in [7, 11) is 0. The lowest BCUT2D eigenvalue weighted by Crippen LogP contribution is -2.17. The zero-order valence-corrected chi connectivity index (χ0v) is 18.0. The van der Waals surface area contributed by atoms with E-state index in [4.69, 9.17) is 4.99 Å². The molecular formula is C26H26N2S. The van der Waals surface area contributed by atoms with Crippen LogP contribution in [0.4, 0.5) is 5.69 Å². The van der Waals surface area contributed by atoms with E-state index in [9.17, 15) is 0 Å². The summed E-state index contributed by atoms with van der Waals surface area (Å²) in [5.41, 5.74) is 8.71. The summed E-state index contributed by atoms with van der Waals surface area (Å²) in [6.07, 6.45) is 0.983. The Balaban J connectivity index is 1.81. The SMILES string of the molecule is Cc1ccc(-c2csc(=Nc3ccccc3C)n2CCc2ccccc2)c(C)c1. The Bertz CT molecular complexity index is 1180. The Hall–Kier alpha value is -2.91. The molecule has 0 saturated carbocycles.